The third-order valence-corrected chi connectivity index (χ3v) is 4.37. The molecule has 116 valence electrons. The quantitative estimate of drug-likeness (QED) is 0.802. The van der Waals surface area contributed by atoms with E-state index in [1.807, 2.05) is 19.1 Å². The van der Waals surface area contributed by atoms with Crippen molar-refractivity contribution in [2.75, 3.05) is 19.6 Å². The van der Waals surface area contributed by atoms with Crippen LogP contribution in [-0.2, 0) is 4.79 Å². The maximum absolute atomic E-state index is 12.3. The van der Waals surface area contributed by atoms with E-state index >= 15 is 0 Å². The van der Waals surface area contributed by atoms with Crippen LogP contribution in [0.5, 0.6) is 0 Å². The minimum Gasteiger partial charge on any atom is -0.467 e. The summed E-state index contributed by atoms with van der Waals surface area (Å²) in [6.45, 7) is 4.56. The summed E-state index contributed by atoms with van der Waals surface area (Å²) in [5.41, 5.74) is 0. The molecule has 1 aliphatic carbocycles. The van der Waals surface area contributed by atoms with Gasteiger partial charge in [-0.3, -0.25) is 9.69 Å². The molecule has 0 bridgehead atoms. The zero-order valence-corrected chi connectivity index (χ0v) is 12.7. The van der Waals surface area contributed by atoms with Crippen LogP contribution in [0.4, 0.5) is 0 Å². The highest BCUT2D eigenvalue weighted by Gasteiger charge is 2.32. The molecule has 1 amide bonds. The first-order chi connectivity index (χ1) is 10.2. The highest BCUT2D eigenvalue weighted by molar-refractivity contribution is 5.78. The van der Waals surface area contributed by atoms with Gasteiger partial charge in [-0.2, -0.15) is 0 Å². The molecule has 3 rings (SSSR count). The molecular weight excluding hydrogens is 266 g/mol. The third-order valence-electron chi connectivity index (χ3n) is 4.37. The predicted octanol–water partition coefficient (Wildman–Crippen LogP) is 1.67. The molecule has 0 radical (unpaired) electrons. The van der Waals surface area contributed by atoms with Gasteiger partial charge in [-0.15, -0.1) is 0 Å². The molecule has 1 aromatic rings. The van der Waals surface area contributed by atoms with E-state index in [0.29, 0.717) is 18.6 Å². The molecule has 0 spiro atoms. The second kappa shape index (κ2) is 6.62. The Balaban J connectivity index is 1.49. The Bertz CT molecular complexity index is 450. The van der Waals surface area contributed by atoms with E-state index in [0.717, 1.165) is 18.8 Å². The fraction of sp³-hybridized carbons (Fsp3) is 0.688. The molecule has 21 heavy (non-hydrogen) atoms. The van der Waals surface area contributed by atoms with Crippen LogP contribution in [0.15, 0.2) is 22.8 Å². The number of carbonyl (C=O) groups excluding carboxylic acids is 1. The lowest BCUT2D eigenvalue weighted by molar-refractivity contribution is -0.123. The zero-order chi connectivity index (χ0) is 14.7. The van der Waals surface area contributed by atoms with Crippen molar-refractivity contribution in [3.05, 3.63) is 24.2 Å². The maximum atomic E-state index is 12.3. The van der Waals surface area contributed by atoms with Crippen LogP contribution in [0.3, 0.4) is 0 Å². The third kappa shape index (κ3) is 4.08. The van der Waals surface area contributed by atoms with Gasteiger partial charge in [-0.25, -0.2) is 0 Å². The minimum atomic E-state index is -0.0711. The molecule has 5 heteroatoms. The molecule has 1 aromatic heterocycles. The number of nitrogens with one attached hydrogen (secondary N) is 2. The molecule has 2 unspecified atom stereocenters. The molecule has 2 N–H and O–H groups in total. The van der Waals surface area contributed by atoms with Gasteiger partial charge in [0.1, 0.15) is 5.76 Å². The monoisotopic (exact) mass is 291 g/mol. The Morgan fingerprint density at radius 1 is 1.52 bits per heavy atom. The van der Waals surface area contributed by atoms with Crippen LogP contribution < -0.4 is 10.6 Å². The minimum absolute atomic E-state index is 0.0711. The number of amides is 1. The lowest BCUT2D eigenvalue weighted by Crippen LogP contribution is -2.44. The van der Waals surface area contributed by atoms with Gasteiger partial charge in [0.05, 0.1) is 18.8 Å². The van der Waals surface area contributed by atoms with Crippen LogP contribution >= 0.6 is 0 Å². The van der Waals surface area contributed by atoms with Crippen molar-refractivity contribution in [2.45, 2.75) is 50.7 Å². The van der Waals surface area contributed by atoms with Gasteiger partial charge in [0.15, 0.2) is 0 Å². The van der Waals surface area contributed by atoms with Crippen molar-refractivity contribution in [1.82, 2.24) is 15.5 Å². The first-order valence-corrected chi connectivity index (χ1v) is 8.02. The summed E-state index contributed by atoms with van der Waals surface area (Å²) < 4.78 is 5.33. The van der Waals surface area contributed by atoms with E-state index in [9.17, 15) is 4.79 Å². The summed E-state index contributed by atoms with van der Waals surface area (Å²) >= 11 is 0. The van der Waals surface area contributed by atoms with Crippen molar-refractivity contribution in [3.8, 4) is 0 Å². The van der Waals surface area contributed by atoms with Crippen molar-refractivity contribution in [2.24, 2.45) is 0 Å². The normalized spacial score (nSPS) is 23.4. The highest BCUT2D eigenvalue weighted by Crippen LogP contribution is 2.27. The van der Waals surface area contributed by atoms with Gasteiger partial charge in [0.2, 0.25) is 5.91 Å². The topological polar surface area (TPSA) is 57.5 Å². The Morgan fingerprint density at radius 3 is 3.00 bits per heavy atom. The van der Waals surface area contributed by atoms with Gasteiger partial charge in [0, 0.05) is 18.6 Å². The van der Waals surface area contributed by atoms with Crippen LogP contribution in [-0.4, -0.2) is 42.5 Å². The Hall–Kier alpha value is -1.33. The van der Waals surface area contributed by atoms with E-state index in [1.165, 1.54) is 25.7 Å². The molecular formula is C16H25N3O2. The summed E-state index contributed by atoms with van der Waals surface area (Å²) in [7, 11) is 0. The number of furan rings is 1. The van der Waals surface area contributed by atoms with Crippen LogP contribution in [0.25, 0.3) is 0 Å². The summed E-state index contributed by atoms with van der Waals surface area (Å²) in [5.74, 6) is 0.891. The smallest absolute Gasteiger partial charge is 0.234 e. The van der Waals surface area contributed by atoms with Gasteiger partial charge >= 0.3 is 0 Å². The first-order valence-electron chi connectivity index (χ1n) is 8.02. The number of nitrogens with zero attached hydrogens (tertiary/aromatic N) is 1. The Labute approximate surface area is 126 Å². The average Bonchev–Trinajstić information content (AvgIpc) is 2.94. The highest BCUT2D eigenvalue weighted by atomic mass is 16.3. The summed E-state index contributed by atoms with van der Waals surface area (Å²) in [6.07, 6.45) is 6.58. The molecule has 2 fully saturated rings. The SMILES string of the molecule is CC(NC(=O)CN(CC1CCCN1)C1CC1)c1ccco1. The van der Waals surface area contributed by atoms with E-state index in [4.69, 9.17) is 4.42 Å². The summed E-state index contributed by atoms with van der Waals surface area (Å²) in [5, 5.41) is 6.54. The summed E-state index contributed by atoms with van der Waals surface area (Å²) in [6, 6.07) is 4.84. The molecule has 2 atom stereocenters. The molecule has 1 saturated carbocycles. The first kappa shape index (κ1) is 14.6. The second-order valence-corrected chi connectivity index (χ2v) is 6.26. The zero-order valence-electron chi connectivity index (χ0n) is 12.7. The van der Waals surface area contributed by atoms with Crippen LogP contribution in [0, 0.1) is 0 Å². The van der Waals surface area contributed by atoms with Crippen LogP contribution in [0.2, 0.25) is 0 Å². The number of rotatable bonds is 7. The van der Waals surface area contributed by atoms with Crippen molar-refractivity contribution in [1.29, 1.82) is 0 Å². The van der Waals surface area contributed by atoms with E-state index < -0.39 is 0 Å². The van der Waals surface area contributed by atoms with Crippen molar-refractivity contribution in [3.63, 3.8) is 0 Å². The maximum Gasteiger partial charge on any atom is 0.234 e. The standard InChI is InChI=1S/C16H25N3O2/c1-12(15-5-3-9-21-15)18-16(20)11-19(14-6-7-14)10-13-4-2-8-17-13/h3,5,9,12-14,17H,2,4,6-8,10-11H2,1H3,(H,18,20). The second-order valence-electron chi connectivity index (χ2n) is 6.26. The van der Waals surface area contributed by atoms with E-state index in [-0.39, 0.29) is 11.9 Å². The molecule has 2 heterocycles. The molecule has 5 nitrogen and oxygen atoms in total. The predicted molar refractivity (Wildman–Crippen MR) is 80.9 cm³/mol. The number of hydrogen-bond donors (Lipinski definition) is 2. The number of carbonyl (C=O) groups is 1. The average molecular weight is 291 g/mol. The Kier molecular flexibility index (Phi) is 4.60. The summed E-state index contributed by atoms with van der Waals surface area (Å²) in [4.78, 5) is 14.6. The van der Waals surface area contributed by atoms with E-state index in [2.05, 4.69) is 15.5 Å². The van der Waals surface area contributed by atoms with Gasteiger partial charge in [-0.05, 0) is 51.3 Å². The fourth-order valence-corrected chi connectivity index (χ4v) is 3.06. The van der Waals surface area contributed by atoms with Gasteiger partial charge < -0.3 is 15.1 Å². The lowest BCUT2D eigenvalue weighted by Gasteiger charge is -2.25. The van der Waals surface area contributed by atoms with Gasteiger partial charge in [0.25, 0.3) is 0 Å². The van der Waals surface area contributed by atoms with Gasteiger partial charge in [-0.1, -0.05) is 0 Å². The van der Waals surface area contributed by atoms with E-state index in [1.54, 1.807) is 6.26 Å². The number of hydrogen-bond acceptors (Lipinski definition) is 4. The largest absolute Gasteiger partial charge is 0.467 e. The van der Waals surface area contributed by atoms with Crippen molar-refractivity contribution >= 4 is 5.91 Å². The fourth-order valence-electron chi connectivity index (χ4n) is 3.06. The van der Waals surface area contributed by atoms with Crippen LogP contribution in [0.1, 0.15) is 44.4 Å². The lowest BCUT2D eigenvalue weighted by atomic mass is 10.2. The Morgan fingerprint density at radius 2 is 2.38 bits per heavy atom. The molecule has 1 aliphatic heterocycles. The van der Waals surface area contributed by atoms with Crippen molar-refractivity contribution < 1.29 is 9.21 Å². The molecule has 0 aromatic carbocycles. The molecule has 2 aliphatic rings. The molecule has 1 saturated heterocycles.